The Morgan fingerprint density at radius 3 is 2.69 bits per heavy atom. The molecule has 0 bridgehead atoms. The van der Waals surface area contributed by atoms with Crippen molar-refractivity contribution in [2.75, 3.05) is 6.54 Å². The van der Waals surface area contributed by atoms with Crippen LogP contribution in [0.3, 0.4) is 0 Å². The summed E-state index contributed by atoms with van der Waals surface area (Å²) in [5.74, 6) is 0.342. The summed E-state index contributed by atoms with van der Waals surface area (Å²) in [6.07, 6.45) is 0.721. The van der Waals surface area contributed by atoms with Crippen LogP contribution in [0.25, 0.3) is 0 Å². The van der Waals surface area contributed by atoms with E-state index in [4.69, 9.17) is 10.5 Å². The Morgan fingerprint density at radius 1 is 1.31 bits per heavy atom. The van der Waals surface area contributed by atoms with E-state index in [0.29, 0.717) is 25.5 Å². The molecule has 1 aromatic carbocycles. The lowest BCUT2D eigenvalue weighted by atomic mass is 10.0. The van der Waals surface area contributed by atoms with Gasteiger partial charge in [-0.05, 0) is 41.8 Å². The lowest BCUT2D eigenvalue weighted by molar-refractivity contribution is 0.134. The predicted molar refractivity (Wildman–Crippen MR) is 49.4 cm³/mol. The molecule has 0 saturated carbocycles. The van der Waals surface area contributed by atoms with E-state index in [1.54, 1.807) is 6.07 Å². The molecule has 1 heterocycles. The highest BCUT2D eigenvalue weighted by molar-refractivity contribution is 5.42. The normalized spacial score (nSPS) is 14.5. The second-order valence-corrected chi connectivity index (χ2v) is 3.28. The Hall–Kier alpha value is -1.06. The standard InChI is InChI=1S/C10H13NO2/c11-2-1-7-3-8-5-13-6-9(8)4-10(7)12/h3-4,12H,1-2,5-6,11H2. The largest absolute Gasteiger partial charge is 0.508 e. The van der Waals surface area contributed by atoms with Gasteiger partial charge in [0.05, 0.1) is 13.2 Å². The van der Waals surface area contributed by atoms with E-state index in [1.165, 1.54) is 5.56 Å². The number of hydrogen-bond acceptors (Lipinski definition) is 3. The van der Waals surface area contributed by atoms with Crippen LogP contribution >= 0.6 is 0 Å². The Balaban J connectivity index is 2.37. The third kappa shape index (κ3) is 1.53. The zero-order valence-electron chi connectivity index (χ0n) is 7.42. The van der Waals surface area contributed by atoms with Gasteiger partial charge in [-0.25, -0.2) is 0 Å². The van der Waals surface area contributed by atoms with Crippen LogP contribution in [0.15, 0.2) is 12.1 Å². The van der Waals surface area contributed by atoms with E-state index >= 15 is 0 Å². The van der Waals surface area contributed by atoms with Gasteiger partial charge in [-0.2, -0.15) is 0 Å². The molecule has 1 aliphatic heterocycles. The van der Waals surface area contributed by atoms with Crippen molar-refractivity contribution >= 4 is 0 Å². The first-order chi connectivity index (χ1) is 6.31. The first kappa shape index (κ1) is 8.53. The molecule has 0 aliphatic carbocycles. The van der Waals surface area contributed by atoms with Gasteiger partial charge in [0.25, 0.3) is 0 Å². The number of phenolic OH excluding ortho intramolecular Hbond substituents is 1. The maximum Gasteiger partial charge on any atom is 0.119 e. The summed E-state index contributed by atoms with van der Waals surface area (Å²) in [5, 5.41) is 9.59. The summed E-state index contributed by atoms with van der Waals surface area (Å²) < 4.78 is 5.26. The molecule has 3 N–H and O–H groups in total. The lowest BCUT2D eigenvalue weighted by Crippen LogP contribution is -2.03. The summed E-state index contributed by atoms with van der Waals surface area (Å²) in [6.45, 7) is 1.84. The fourth-order valence-electron chi connectivity index (χ4n) is 1.62. The van der Waals surface area contributed by atoms with Crippen LogP contribution in [0.4, 0.5) is 0 Å². The van der Waals surface area contributed by atoms with Crippen LogP contribution in [0, 0.1) is 0 Å². The number of hydrogen-bond donors (Lipinski definition) is 2. The van der Waals surface area contributed by atoms with E-state index in [-0.39, 0.29) is 0 Å². The van der Waals surface area contributed by atoms with Gasteiger partial charge in [-0.3, -0.25) is 0 Å². The first-order valence-electron chi connectivity index (χ1n) is 4.42. The zero-order valence-corrected chi connectivity index (χ0v) is 7.42. The molecule has 2 rings (SSSR count). The Bertz CT molecular complexity index is 323. The minimum atomic E-state index is 0.342. The lowest BCUT2D eigenvalue weighted by Gasteiger charge is -2.05. The van der Waals surface area contributed by atoms with Crippen molar-refractivity contribution in [1.29, 1.82) is 0 Å². The second kappa shape index (κ2) is 3.36. The predicted octanol–water partition coefficient (Wildman–Crippen LogP) is 0.924. The van der Waals surface area contributed by atoms with Gasteiger partial charge in [0.1, 0.15) is 5.75 Å². The SMILES string of the molecule is NCCc1cc2c(cc1O)COC2. The number of fused-ring (bicyclic) bond motifs is 1. The highest BCUT2D eigenvalue weighted by atomic mass is 16.5. The first-order valence-corrected chi connectivity index (χ1v) is 4.42. The van der Waals surface area contributed by atoms with E-state index in [9.17, 15) is 5.11 Å². The molecule has 0 spiro atoms. The van der Waals surface area contributed by atoms with Crippen molar-refractivity contribution in [1.82, 2.24) is 0 Å². The quantitative estimate of drug-likeness (QED) is 0.710. The molecule has 0 saturated heterocycles. The molecule has 0 fully saturated rings. The van der Waals surface area contributed by atoms with Crippen LogP contribution in [0.5, 0.6) is 5.75 Å². The molecule has 0 atom stereocenters. The average molecular weight is 179 g/mol. The van der Waals surface area contributed by atoms with Crippen molar-refractivity contribution in [3.8, 4) is 5.75 Å². The molecule has 70 valence electrons. The molecular formula is C10H13NO2. The fourth-order valence-corrected chi connectivity index (χ4v) is 1.62. The number of benzene rings is 1. The smallest absolute Gasteiger partial charge is 0.119 e. The number of rotatable bonds is 2. The van der Waals surface area contributed by atoms with E-state index in [0.717, 1.165) is 17.5 Å². The molecule has 0 radical (unpaired) electrons. The molecule has 13 heavy (non-hydrogen) atoms. The van der Waals surface area contributed by atoms with Gasteiger partial charge in [-0.1, -0.05) is 0 Å². The molecule has 0 amide bonds. The monoisotopic (exact) mass is 179 g/mol. The molecule has 0 aromatic heterocycles. The third-order valence-corrected chi connectivity index (χ3v) is 2.33. The molecule has 3 heteroatoms. The van der Waals surface area contributed by atoms with Crippen LogP contribution < -0.4 is 5.73 Å². The summed E-state index contributed by atoms with van der Waals surface area (Å²) in [6, 6.07) is 3.78. The summed E-state index contributed by atoms with van der Waals surface area (Å²) >= 11 is 0. The van der Waals surface area contributed by atoms with Crippen molar-refractivity contribution in [2.45, 2.75) is 19.6 Å². The molecular weight excluding hydrogens is 166 g/mol. The van der Waals surface area contributed by atoms with Crippen LogP contribution in [-0.2, 0) is 24.4 Å². The number of nitrogens with two attached hydrogens (primary N) is 1. The van der Waals surface area contributed by atoms with Gasteiger partial charge < -0.3 is 15.6 Å². The summed E-state index contributed by atoms with van der Waals surface area (Å²) in [7, 11) is 0. The Kier molecular flexibility index (Phi) is 2.20. The van der Waals surface area contributed by atoms with Gasteiger partial charge in [-0.15, -0.1) is 0 Å². The Labute approximate surface area is 77.1 Å². The summed E-state index contributed by atoms with van der Waals surface area (Å²) in [5.41, 5.74) is 8.63. The second-order valence-electron chi connectivity index (χ2n) is 3.28. The molecule has 3 nitrogen and oxygen atoms in total. The Morgan fingerprint density at radius 2 is 2.00 bits per heavy atom. The van der Waals surface area contributed by atoms with Gasteiger partial charge in [0.15, 0.2) is 0 Å². The van der Waals surface area contributed by atoms with Crippen LogP contribution in [0.2, 0.25) is 0 Å². The maximum atomic E-state index is 9.59. The van der Waals surface area contributed by atoms with Crippen LogP contribution in [0.1, 0.15) is 16.7 Å². The van der Waals surface area contributed by atoms with Gasteiger partial charge in [0, 0.05) is 0 Å². The number of aromatic hydroxyl groups is 1. The number of phenols is 1. The minimum Gasteiger partial charge on any atom is -0.508 e. The zero-order chi connectivity index (χ0) is 9.26. The molecule has 1 aromatic rings. The maximum absolute atomic E-state index is 9.59. The van der Waals surface area contributed by atoms with E-state index in [1.807, 2.05) is 6.07 Å². The van der Waals surface area contributed by atoms with Gasteiger partial charge in [0.2, 0.25) is 0 Å². The van der Waals surface area contributed by atoms with Crippen molar-refractivity contribution in [3.63, 3.8) is 0 Å². The number of ether oxygens (including phenoxy) is 1. The minimum absolute atomic E-state index is 0.342. The summed E-state index contributed by atoms with van der Waals surface area (Å²) in [4.78, 5) is 0. The van der Waals surface area contributed by atoms with E-state index < -0.39 is 0 Å². The third-order valence-electron chi connectivity index (χ3n) is 2.33. The average Bonchev–Trinajstić information content (AvgIpc) is 2.52. The fraction of sp³-hybridized carbons (Fsp3) is 0.400. The molecule has 0 unspecified atom stereocenters. The highest BCUT2D eigenvalue weighted by Gasteiger charge is 2.14. The van der Waals surface area contributed by atoms with Crippen molar-refractivity contribution in [2.24, 2.45) is 5.73 Å². The van der Waals surface area contributed by atoms with Crippen molar-refractivity contribution in [3.05, 3.63) is 28.8 Å². The van der Waals surface area contributed by atoms with Gasteiger partial charge >= 0.3 is 0 Å². The molecule has 1 aliphatic rings. The topological polar surface area (TPSA) is 55.5 Å². The van der Waals surface area contributed by atoms with E-state index in [2.05, 4.69) is 0 Å². The highest BCUT2D eigenvalue weighted by Crippen LogP contribution is 2.27. The van der Waals surface area contributed by atoms with Crippen LogP contribution in [-0.4, -0.2) is 11.7 Å². The van der Waals surface area contributed by atoms with Crippen molar-refractivity contribution < 1.29 is 9.84 Å².